The van der Waals surface area contributed by atoms with E-state index in [0.29, 0.717) is 18.6 Å². The van der Waals surface area contributed by atoms with Gasteiger partial charge in [0, 0.05) is 12.3 Å². The van der Waals surface area contributed by atoms with Crippen LogP contribution in [-0.4, -0.2) is 18.9 Å². The fraction of sp³-hybridized carbons (Fsp3) is 0.818. The predicted octanol–water partition coefficient (Wildman–Crippen LogP) is 1.55. The van der Waals surface area contributed by atoms with E-state index in [2.05, 4.69) is 0 Å². The Bertz CT molecular complexity index is 259. The molecule has 0 saturated heterocycles. The molecular formula is C11H16O3. The molecule has 2 aliphatic rings. The van der Waals surface area contributed by atoms with Crippen LogP contribution in [0.4, 0.5) is 0 Å². The van der Waals surface area contributed by atoms with E-state index >= 15 is 0 Å². The lowest BCUT2D eigenvalue weighted by atomic mass is 9.73. The molecular weight excluding hydrogens is 180 g/mol. The number of carbonyl (C=O) groups is 2. The van der Waals surface area contributed by atoms with Gasteiger partial charge in [0.2, 0.25) is 0 Å². The molecule has 3 atom stereocenters. The standard InChI is InChI=1S/C11H16O3/c1-14-11(13)9-5-6-10(12)8-4-2-3-7(8)9/h7-9H,2-6H2,1H3/t7-,8-,9-/m0/s1. The van der Waals surface area contributed by atoms with Gasteiger partial charge < -0.3 is 4.74 Å². The molecule has 0 radical (unpaired) electrons. The molecule has 0 unspecified atom stereocenters. The molecule has 0 bridgehead atoms. The van der Waals surface area contributed by atoms with Crippen molar-refractivity contribution in [1.82, 2.24) is 0 Å². The van der Waals surface area contributed by atoms with E-state index in [1.165, 1.54) is 7.11 Å². The molecule has 0 heterocycles. The molecule has 3 nitrogen and oxygen atoms in total. The minimum atomic E-state index is -0.116. The quantitative estimate of drug-likeness (QED) is 0.598. The van der Waals surface area contributed by atoms with Crippen LogP contribution in [0.15, 0.2) is 0 Å². The summed E-state index contributed by atoms with van der Waals surface area (Å²) in [6.45, 7) is 0. The van der Waals surface area contributed by atoms with Gasteiger partial charge in [-0.05, 0) is 25.2 Å². The third kappa shape index (κ3) is 1.45. The molecule has 0 N–H and O–H groups in total. The van der Waals surface area contributed by atoms with Crippen LogP contribution in [0.5, 0.6) is 0 Å². The van der Waals surface area contributed by atoms with Crippen molar-refractivity contribution < 1.29 is 14.3 Å². The molecule has 0 spiro atoms. The number of hydrogen-bond acceptors (Lipinski definition) is 3. The van der Waals surface area contributed by atoms with Crippen molar-refractivity contribution in [3.05, 3.63) is 0 Å². The smallest absolute Gasteiger partial charge is 0.308 e. The summed E-state index contributed by atoms with van der Waals surface area (Å²) in [4.78, 5) is 23.1. The molecule has 3 heteroatoms. The van der Waals surface area contributed by atoms with Crippen LogP contribution in [0.2, 0.25) is 0 Å². The highest BCUT2D eigenvalue weighted by atomic mass is 16.5. The monoisotopic (exact) mass is 196 g/mol. The molecule has 2 saturated carbocycles. The van der Waals surface area contributed by atoms with Gasteiger partial charge in [-0.1, -0.05) is 6.42 Å². The van der Waals surface area contributed by atoms with Crippen molar-refractivity contribution in [2.45, 2.75) is 32.1 Å². The average Bonchev–Trinajstić information content (AvgIpc) is 2.67. The minimum Gasteiger partial charge on any atom is -0.469 e. The fourth-order valence-corrected chi connectivity index (χ4v) is 3.01. The van der Waals surface area contributed by atoms with Crippen molar-refractivity contribution >= 4 is 11.8 Å². The zero-order valence-electron chi connectivity index (χ0n) is 8.49. The largest absolute Gasteiger partial charge is 0.469 e. The lowest BCUT2D eigenvalue weighted by Crippen LogP contribution is -2.36. The van der Waals surface area contributed by atoms with Crippen LogP contribution in [0.3, 0.4) is 0 Å². The first kappa shape index (κ1) is 9.69. The SMILES string of the molecule is COC(=O)[C@H]1CCC(=O)[C@H]2CCC[C@@H]21. The molecule has 0 aromatic rings. The number of ether oxygens (including phenoxy) is 1. The summed E-state index contributed by atoms with van der Waals surface area (Å²) in [6, 6.07) is 0. The Morgan fingerprint density at radius 1 is 1.36 bits per heavy atom. The Hall–Kier alpha value is -0.860. The molecule has 14 heavy (non-hydrogen) atoms. The highest BCUT2D eigenvalue weighted by Crippen LogP contribution is 2.44. The Morgan fingerprint density at radius 2 is 2.14 bits per heavy atom. The predicted molar refractivity (Wildman–Crippen MR) is 50.6 cm³/mol. The molecule has 78 valence electrons. The average molecular weight is 196 g/mol. The third-order valence-electron chi connectivity index (χ3n) is 3.71. The number of fused-ring (bicyclic) bond motifs is 1. The molecule has 0 aromatic heterocycles. The van der Waals surface area contributed by atoms with E-state index in [9.17, 15) is 9.59 Å². The van der Waals surface area contributed by atoms with Crippen LogP contribution >= 0.6 is 0 Å². The third-order valence-corrected chi connectivity index (χ3v) is 3.71. The topological polar surface area (TPSA) is 43.4 Å². The van der Waals surface area contributed by atoms with E-state index in [1.54, 1.807) is 0 Å². The second kappa shape index (κ2) is 3.71. The second-order valence-corrected chi connectivity index (χ2v) is 4.34. The highest BCUT2D eigenvalue weighted by molar-refractivity contribution is 5.85. The van der Waals surface area contributed by atoms with Gasteiger partial charge in [0.05, 0.1) is 13.0 Å². The minimum absolute atomic E-state index is 0.00907. The number of esters is 1. The molecule has 0 aliphatic heterocycles. The fourth-order valence-electron chi connectivity index (χ4n) is 3.01. The zero-order valence-corrected chi connectivity index (χ0v) is 8.49. The number of ketones is 1. The van der Waals surface area contributed by atoms with Crippen LogP contribution in [0.25, 0.3) is 0 Å². The van der Waals surface area contributed by atoms with Crippen LogP contribution < -0.4 is 0 Å². The maximum atomic E-state index is 11.6. The lowest BCUT2D eigenvalue weighted by Gasteiger charge is -2.30. The first-order chi connectivity index (χ1) is 6.74. The van der Waals surface area contributed by atoms with Crippen molar-refractivity contribution in [2.75, 3.05) is 7.11 Å². The summed E-state index contributed by atoms with van der Waals surface area (Å²) in [5.74, 6) is 0.684. The van der Waals surface area contributed by atoms with Gasteiger partial charge in [0.15, 0.2) is 0 Å². The number of carbonyl (C=O) groups excluding carboxylic acids is 2. The molecule has 0 aromatic carbocycles. The van der Waals surface area contributed by atoms with E-state index < -0.39 is 0 Å². The van der Waals surface area contributed by atoms with Gasteiger partial charge in [-0.25, -0.2) is 0 Å². The van der Waals surface area contributed by atoms with Gasteiger partial charge in [0.25, 0.3) is 0 Å². The first-order valence-electron chi connectivity index (χ1n) is 5.34. The summed E-state index contributed by atoms with van der Waals surface area (Å²) in [7, 11) is 1.43. The normalized spacial score (nSPS) is 36.6. The van der Waals surface area contributed by atoms with Crippen LogP contribution in [0.1, 0.15) is 32.1 Å². The van der Waals surface area contributed by atoms with E-state index in [0.717, 1.165) is 19.3 Å². The van der Waals surface area contributed by atoms with E-state index in [-0.39, 0.29) is 23.7 Å². The van der Waals surface area contributed by atoms with Gasteiger partial charge in [-0.3, -0.25) is 9.59 Å². The second-order valence-electron chi connectivity index (χ2n) is 4.34. The van der Waals surface area contributed by atoms with Crippen molar-refractivity contribution in [3.63, 3.8) is 0 Å². The number of hydrogen-bond donors (Lipinski definition) is 0. The highest BCUT2D eigenvalue weighted by Gasteiger charge is 2.44. The number of rotatable bonds is 1. The summed E-state index contributed by atoms with van der Waals surface area (Å²) < 4.78 is 4.78. The van der Waals surface area contributed by atoms with Crippen LogP contribution in [0, 0.1) is 17.8 Å². The van der Waals surface area contributed by atoms with Gasteiger partial charge >= 0.3 is 5.97 Å². The van der Waals surface area contributed by atoms with Crippen molar-refractivity contribution in [3.8, 4) is 0 Å². The maximum Gasteiger partial charge on any atom is 0.308 e. The number of Topliss-reactive ketones (excluding diaryl/α,β-unsaturated/α-hetero) is 1. The molecule has 2 fully saturated rings. The molecule has 0 amide bonds. The first-order valence-corrected chi connectivity index (χ1v) is 5.34. The van der Waals surface area contributed by atoms with Gasteiger partial charge in [0.1, 0.15) is 5.78 Å². The summed E-state index contributed by atoms with van der Waals surface area (Å²) in [5, 5.41) is 0. The summed E-state index contributed by atoms with van der Waals surface area (Å²) in [5.41, 5.74) is 0. The number of methoxy groups -OCH3 is 1. The Balaban J connectivity index is 2.13. The molecule has 2 aliphatic carbocycles. The van der Waals surface area contributed by atoms with Crippen molar-refractivity contribution in [2.24, 2.45) is 17.8 Å². The Kier molecular flexibility index (Phi) is 2.57. The summed E-state index contributed by atoms with van der Waals surface area (Å²) >= 11 is 0. The maximum absolute atomic E-state index is 11.6. The lowest BCUT2D eigenvalue weighted by molar-refractivity contribution is -0.150. The zero-order chi connectivity index (χ0) is 10.1. The molecule has 2 rings (SSSR count). The Morgan fingerprint density at radius 3 is 2.86 bits per heavy atom. The van der Waals surface area contributed by atoms with Crippen LogP contribution in [-0.2, 0) is 14.3 Å². The summed E-state index contributed by atoms with van der Waals surface area (Å²) in [6.07, 6.45) is 4.37. The van der Waals surface area contributed by atoms with Crippen molar-refractivity contribution in [1.29, 1.82) is 0 Å². The van der Waals surface area contributed by atoms with E-state index in [4.69, 9.17) is 4.74 Å². The van der Waals surface area contributed by atoms with Gasteiger partial charge in [-0.2, -0.15) is 0 Å². The Labute approximate surface area is 83.8 Å². The van der Waals surface area contributed by atoms with E-state index in [1.807, 2.05) is 0 Å². The van der Waals surface area contributed by atoms with Gasteiger partial charge in [-0.15, -0.1) is 0 Å².